The maximum atomic E-state index is 10.4. The van der Waals surface area contributed by atoms with Crippen molar-refractivity contribution in [3.63, 3.8) is 0 Å². The second-order valence-electron chi connectivity index (χ2n) is 7.61. The molecule has 0 bridgehead atoms. The highest BCUT2D eigenvalue weighted by molar-refractivity contribution is 14.2. The number of alkyl halides is 2. The molecule has 26 heavy (non-hydrogen) atoms. The lowest BCUT2D eigenvalue weighted by atomic mass is 9.95. The highest BCUT2D eigenvalue weighted by Crippen LogP contribution is 2.47. The molecule has 5 unspecified atom stereocenters. The molecule has 5 heteroatoms. The lowest BCUT2D eigenvalue weighted by molar-refractivity contribution is 0.210. The van der Waals surface area contributed by atoms with E-state index in [0.29, 0.717) is 13.8 Å². The maximum absolute atomic E-state index is 10.4. The van der Waals surface area contributed by atoms with Gasteiger partial charge in [0.1, 0.15) is 0 Å². The lowest BCUT2D eigenvalue weighted by Gasteiger charge is -2.12. The van der Waals surface area contributed by atoms with E-state index in [1.54, 1.807) is 3.51 Å². The van der Waals surface area contributed by atoms with Gasteiger partial charge >= 0.3 is 0 Å². The molecule has 0 aromatic rings. The van der Waals surface area contributed by atoms with Crippen LogP contribution in [-0.2, 0) is 0 Å². The average Bonchev–Trinajstić information content (AvgIpc) is 3.11. The molecule has 150 valence electrons. The first-order valence-corrected chi connectivity index (χ1v) is 13.8. The van der Waals surface area contributed by atoms with E-state index in [9.17, 15) is 10.2 Å². The number of hydrogen-bond acceptors (Lipinski definition) is 3. The standard InChI is InChI=1S/C21H35I2NO2/c1-2-3-7-15(22)12-17(25)9-10-18-19-13-16(8-5-4-6-11-24)23-20(19)14-21(18)26/h9,15,17,19-21,25-26H,2-8,11-14,24H2,1H3. The van der Waals surface area contributed by atoms with Crippen molar-refractivity contribution in [3.8, 4) is 0 Å². The Hall–Kier alpha value is 0.730. The Bertz CT molecular complexity index is 528. The minimum absolute atomic E-state index is 0.0941. The zero-order valence-corrected chi connectivity index (χ0v) is 20.3. The van der Waals surface area contributed by atoms with Crippen LogP contribution in [0.25, 0.3) is 0 Å². The quantitative estimate of drug-likeness (QED) is 0.143. The Morgan fingerprint density at radius 1 is 1.35 bits per heavy atom. The Kier molecular flexibility index (Phi) is 10.9. The molecular formula is C21H35I2NO2. The van der Waals surface area contributed by atoms with Gasteiger partial charge in [0.25, 0.3) is 0 Å². The van der Waals surface area contributed by atoms with Crippen LogP contribution >= 0.6 is 43.3 Å². The van der Waals surface area contributed by atoms with Gasteiger partial charge in [-0.1, -0.05) is 48.8 Å². The van der Waals surface area contributed by atoms with E-state index in [4.69, 9.17) is 5.73 Å². The molecular weight excluding hydrogens is 552 g/mol. The second-order valence-corrected chi connectivity index (χ2v) is 13.1. The molecule has 0 radical (unpaired) electrons. The second kappa shape index (κ2) is 12.3. The molecule has 0 aromatic carbocycles. The van der Waals surface area contributed by atoms with Crippen molar-refractivity contribution in [1.82, 2.24) is 0 Å². The first kappa shape index (κ1) is 23.0. The number of unbranched alkanes of at least 4 members (excludes halogenated alkanes) is 3. The average molecular weight is 587 g/mol. The lowest BCUT2D eigenvalue weighted by Crippen LogP contribution is -2.12. The highest BCUT2D eigenvalue weighted by Gasteiger charge is 2.41. The predicted molar refractivity (Wildman–Crippen MR) is 129 cm³/mol. The summed E-state index contributed by atoms with van der Waals surface area (Å²) in [5.74, 6) is 0.501. The van der Waals surface area contributed by atoms with E-state index in [1.807, 2.05) is 6.08 Å². The summed E-state index contributed by atoms with van der Waals surface area (Å²) in [6, 6.07) is 0. The molecule has 2 aliphatic rings. The fraction of sp³-hybridized carbons (Fsp3) is 0.810. The Morgan fingerprint density at radius 2 is 2.15 bits per heavy atom. The van der Waals surface area contributed by atoms with Gasteiger partial charge in [-0.15, -0.1) is 26.5 Å². The van der Waals surface area contributed by atoms with E-state index in [-0.39, 0.29) is 26.8 Å². The van der Waals surface area contributed by atoms with Crippen molar-refractivity contribution in [3.05, 3.63) is 17.4 Å². The summed E-state index contributed by atoms with van der Waals surface area (Å²) in [5.41, 5.74) is 9.99. The molecule has 0 amide bonds. The van der Waals surface area contributed by atoms with Gasteiger partial charge in [-0.2, -0.15) is 0 Å². The molecule has 1 fully saturated rings. The molecule has 1 heterocycles. The summed E-state index contributed by atoms with van der Waals surface area (Å²) in [4.78, 5) is 0. The first-order valence-electron chi connectivity index (χ1n) is 10.2. The Labute approximate surface area is 182 Å². The third kappa shape index (κ3) is 7.28. The van der Waals surface area contributed by atoms with E-state index >= 15 is 0 Å². The summed E-state index contributed by atoms with van der Waals surface area (Å²) >= 11 is 2.54. The van der Waals surface area contributed by atoms with Crippen LogP contribution in [0.2, 0.25) is 0 Å². The largest absolute Gasteiger partial charge is 0.388 e. The van der Waals surface area contributed by atoms with Crippen LogP contribution in [-0.4, -0.2) is 40.3 Å². The van der Waals surface area contributed by atoms with Gasteiger partial charge in [-0.3, -0.25) is 0 Å². The number of halogens is 2. The Morgan fingerprint density at radius 3 is 2.88 bits per heavy atom. The normalized spacial score (nSPS) is 27.3. The van der Waals surface area contributed by atoms with Crippen molar-refractivity contribution < 1.29 is 10.2 Å². The van der Waals surface area contributed by atoms with E-state index in [0.717, 1.165) is 37.8 Å². The molecule has 1 saturated carbocycles. The van der Waals surface area contributed by atoms with Crippen LogP contribution in [0, 0.1) is 5.92 Å². The van der Waals surface area contributed by atoms with Gasteiger partial charge in [-0.05, 0) is 61.1 Å². The van der Waals surface area contributed by atoms with Crippen molar-refractivity contribution >= 4 is 46.8 Å². The highest BCUT2D eigenvalue weighted by atomic mass is 127. The molecule has 1 aliphatic heterocycles. The van der Waals surface area contributed by atoms with Crippen LogP contribution in [0.5, 0.6) is 0 Å². The molecule has 5 atom stereocenters. The minimum Gasteiger partial charge on any atom is -0.388 e. The topological polar surface area (TPSA) is 66.5 Å². The molecule has 0 aromatic heterocycles. The summed E-state index contributed by atoms with van der Waals surface area (Å²) in [6.07, 6.45) is 12.4. The van der Waals surface area contributed by atoms with Crippen LogP contribution in [0.15, 0.2) is 17.4 Å². The number of nitrogens with two attached hydrogens (primary N) is 1. The molecule has 0 saturated heterocycles. The smallest absolute Gasteiger partial charge is 0.0837 e. The molecule has 1 aliphatic carbocycles. The zero-order chi connectivity index (χ0) is 18.9. The maximum Gasteiger partial charge on any atom is 0.0837 e. The van der Waals surface area contributed by atoms with Crippen LogP contribution in [0.1, 0.15) is 71.1 Å². The van der Waals surface area contributed by atoms with Crippen molar-refractivity contribution in [2.75, 3.05) is 6.54 Å². The van der Waals surface area contributed by atoms with Crippen LogP contribution in [0.3, 0.4) is 0 Å². The molecule has 0 spiro atoms. The minimum atomic E-state index is -0.441. The van der Waals surface area contributed by atoms with Crippen LogP contribution in [0.4, 0.5) is 0 Å². The van der Waals surface area contributed by atoms with Gasteiger partial charge in [0, 0.05) is 19.3 Å². The zero-order valence-electron chi connectivity index (χ0n) is 16.0. The third-order valence-electron chi connectivity index (χ3n) is 5.34. The number of aliphatic hydroxyl groups excluding tert-OH is 2. The number of hydrogen-bond donors (Lipinski definition) is 3. The summed E-state index contributed by atoms with van der Waals surface area (Å²) in [7, 11) is 0. The third-order valence-corrected chi connectivity index (χ3v) is 10.5. The van der Waals surface area contributed by atoms with Gasteiger partial charge < -0.3 is 15.9 Å². The van der Waals surface area contributed by atoms with Gasteiger partial charge in [0.15, 0.2) is 0 Å². The van der Waals surface area contributed by atoms with Crippen molar-refractivity contribution in [2.45, 2.75) is 91.2 Å². The number of aliphatic hydroxyl groups is 2. The number of fused-ring (bicyclic) bond motifs is 1. The summed E-state index contributed by atoms with van der Waals surface area (Å²) < 4.78 is 2.98. The van der Waals surface area contributed by atoms with E-state index in [1.165, 1.54) is 38.5 Å². The van der Waals surface area contributed by atoms with Gasteiger partial charge in [0.05, 0.1) is 12.2 Å². The summed E-state index contributed by atoms with van der Waals surface area (Å²) in [6.45, 7) is 3.01. The van der Waals surface area contributed by atoms with Crippen molar-refractivity contribution in [1.29, 1.82) is 0 Å². The molecule has 2 rings (SSSR count). The van der Waals surface area contributed by atoms with Gasteiger partial charge in [-0.25, -0.2) is 0 Å². The number of rotatable bonds is 11. The predicted octanol–water partition coefficient (Wildman–Crippen LogP) is 4.63. The molecule has 3 nitrogen and oxygen atoms in total. The fourth-order valence-corrected chi connectivity index (χ4v) is 9.18. The van der Waals surface area contributed by atoms with E-state index in [2.05, 4.69) is 35.2 Å². The van der Waals surface area contributed by atoms with Crippen molar-refractivity contribution in [2.24, 2.45) is 11.7 Å². The SMILES string of the molecule is CCCCC(I)CC(O)C=C=C1C(O)CC2I=C(CCCCCN)CC12. The van der Waals surface area contributed by atoms with Crippen LogP contribution < -0.4 is 5.73 Å². The summed E-state index contributed by atoms with van der Waals surface area (Å²) in [5, 5.41) is 20.7. The monoisotopic (exact) mass is 587 g/mol. The van der Waals surface area contributed by atoms with E-state index < -0.39 is 6.10 Å². The fourth-order valence-electron chi connectivity index (χ4n) is 3.85. The first-order chi connectivity index (χ1) is 12.5. The van der Waals surface area contributed by atoms with Gasteiger partial charge in [0.2, 0.25) is 0 Å². The molecule has 4 N–H and O–H groups in total. The Balaban J connectivity index is 1.88.